The van der Waals surface area contributed by atoms with Gasteiger partial charge in [-0.05, 0) is 36.4 Å². The highest BCUT2D eigenvalue weighted by molar-refractivity contribution is 5.55. The molecule has 4 aromatic rings. The second-order valence-corrected chi connectivity index (χ2v) is 5.56. The van der Waals surface area contributed by atoms with Crippen LogP contribution < -0.4 is 0 Å². The maximum atomic E-state index is 11.9. The van der Waals surface area contributed by atoms with E-state index in [-0.39, 0.29) is 17.9 Å². The van der Waals surface area contributed by atoms with E-state index in [1.54, 1.807) is 18.2 Å². The molecule has 190 valence electrons. The van der Waals surface area contributed by atoms with Crippen molar-refractivity contribution in [2.75, 3.05) is 0 Å². The van der Waals surface area contributed by atoms with E-state index in [0.717, 1.165) is 12.1 Å². The van der Waals surface area contributed by atoms with Gasteiger partial charge < -0.3 is 0 Å². The average Bonchev–Trinajstić information content (AvgIpc) is 2.76. The monoisotopic (exact) mass is 504 g/mol. The molecule has 0 bridgehead atoms. The van der Waals surface area contributed by atoms with Gasteiger partial charge in [-0.1, -0.05) is 74.2 Å². The third-order valence-corrected chi connectivity index (χ3v) is 2.97. The molecule has 4 rings (SSSR count). The third kappa shape index (κ3) is 26.1. The molecule has 0 aliphatic heterocycles. The van der Waals surface area contributed by atoms with Gasteiger partial charge in [-0.15, -0.1) is 8.78 Å². The van der Waals surface area contributed by atoms with Gasteiger partial charge in [0.2, 0.25) is 0 Å². The first-order valence-corrected chi connectivity index (χ1v) is 9.08. The minimum Gasteiger partial charge on any atom is -0.269 e. The molecule has 0 N–H and O–H groups in total. The van der Waals surface area contributed by atoms with E-state index in [1.807, 2.05) is 36.4 Å². The van der Waals surface area contributed by atoms with E-state index >= 15 is 0 Å². The van der Waals surface area contributed by atoms with Gasteiger partial charge in [0.25, 0.3) is 0 Å². The van der Waals surface area contributed by atoms with E-state index in [4.69, 9.17) is 4.79 Å². The van der Waals surface area contributed by atoms with Crippen molar-refractivity contribution in [3.8, 4) is 0 Å². The third-order valence-electron chi connectivity index (χ3n) is 2.97. The van der Waals surface area contributed by atoms with E-state index in [0.29, 0.717) is 0 Å². The van der Waals surface area contributed by atoms with Gasteiger partial charge in [-0.25, -0.2) is 26.7 Å². The summed E-state index contributed by atoms with van der Waals surface area (Å²) in [4.78, 5) is 8.11. The van der Waals surface area contributed by atoms with Crippen LogP contribution in [-0.4, -0.2) is 6.29 Å². The van der Waals surface area contributed by atoms with E-state index in [2.05, 4.69) is 0 Å². The molecule has 0 spiro atoms. The van der Waals surface area contributed by atoms with Crippen molar-refractivity contribution >= 4 is 6.29 Å². The van der Waals surface area contributed by atoms with Gasteiger partial charge in [0.1, 0.15) is 29.1 Å². The lowest BCUT2D eigenvalue weighted by molar-refractivity contribution is 0.199. The summed E-state index contributed by atoms with van der Waals surface area (Å²) in [6.45, 7) is 0. The molecule has 35 heavy (non-hydrogen) atoms. The molecule has 0 aliphatic carbocycles. The Morgan fingerprint density at radius 3 is 0.771 bits per heavy atom. The van der Waals surface area contributed by atoms with Crippen LogP contribution in [-0.2, 0) is 0 Å². The molecule has 0 aromatic heterocycles. The van der Waals surface area contributed by atoms with Crippen molar-refractivity contribution in [2.45, 2.75) is 7.43 Å². The Hall–Kier alpha value is -4.01. The Morgan fingerprint density at radius 1 is 0.429 bits per heavy atom. The highest BCUT2D eigenvalue weighted by Gasteiger charge is 1.89. The molecular weight excluding hydrogens is 480 g/mol. The van der Waals surface area contributed by atoms with Gasteiger partial charge in [-0.2, -0.15) is 0 Å². The van der Waals surface area contributed by atoms with Crippen molar-refractivity contribution in [2.24, 2.45) is 0 Å². The van der Waals surface area contributed by atoms with Gasteiger partial charge in [0.05, 0.1) is 0 Å². The van der Waals surface area contributed by atoms with E-state index in [9.17, 15) is 30.7 Å². The minimum atomic E-state index is -2.83. The Morgan fingerprint density at radius 2 is 0.629 bits per heavy atom. The molecule has 0 radical (unpaired) electrons. The molecule has 0 heterocycles. The van der Waals surface area contributed by atoms with Gasteiger partial charge in [0.15, 0.2) is 0 Å². The van der Waals surface area contributed by atoms with Crippen LogP contribution in [0.5, 0.6) is 0 Å². The predicted molar refractivity (Wildman–Crippen MR) is 122 cm³/mol. The zero-order chi connectivity index (χ0) is 24.9. The largest absolute Gasteiger partial charge is 0.483 e. The number of hydrogen-bond acceptors (Lipinski definition) is 1. The smallest absolute Gasteiger partial charge is 0.269 e. The predicted octanol–water partition coefficient (Wildman–Crippen LogP) is 9.28. The lowest BCUT2D eigenvalue weighted by Crippen LogP contribution is -1.73. The number of halogens is 8. The van der Waals surface area contributed by atoms with Crippen molar-refractivity contribution in [1.29, 1.82) is 0 Å². The minimum absolute atomic E-state index is 0. The molecular formula is C26H24F8O. The molecule has 0 aliphatic rings. The molecule has 4 aromatic carbocycles. The SMILES string of the molecule is C.F.Fc1cccc(F)c1.Fc1cccc(F)c1.Fc1ccccc1.O=C(F)F.c1ccccc1. The first-order chi connectivity index (χ1) is 15.7. The molecule has 0 fully saturated rings. The quantitative estimate of drug-likeness (QED) is 0.172. The van der Waals surface area contributed by atoms with Crippen LogP contribution in [0.15, 0.2) is 115 Å². The van der Waals surface area contributed by atoms with Crippen LogP contribution in [0.4, 0.5) is 40.2 Å². The van der Waals surface area contributed by atoms with E-state index in [1.165, 1.54) is 48.5 Å². The summed E-state index contributed by atoms with van der Waals surface area (Å²) >= 11 is 0. The summed E-state index contributed by atoms with van der Waals surface area (Å²) in [5.74, 6) is -2.33. The summed E-state index contributed by atoms with van der Waals surface area (Å²) in [5.41, 5.74) is 0. The first kappa shape index (κ1) is 35.6. The van der Waals surface area contributed by atoms with Gasteiger partial charge in [-0.3, -0.25) is 4.70 Å². The topological polar surface area (TPSA) is 17.1 Å². The maximum Gasteiger partial charge on any atom is 0.483 e. The molecule has 0 saturated carbocycles. The molecule has 1 nitrogen and oxygen atoms in total. The number of rotatable bonds is 0. The average molecular weight is 504 g/mol. The summed E-state index contributed by atoms with van der Waals surface area (Å²) < 4.78 is 79.0. The normalized spacial score (nSPS) is 8.09. The number of carbonyl (C=O) groups is 1. The molecule has 0 saturated heterocycles. The second-order valence-electron chi connectivity index (χ2n) is 5.56. The Kier molecular flexibility index (Phi) is 23.5. The zero-order valence-corrected chi connectivity index (χ0v) is 17.4. The van der Waals surface area contributed by atoms with Gasteiger partial charge >= 0.3 is 6.29 Å². The van der Waals surface area contributed by atoms with Crippen molar-refractivity contribution in [3.63, 3.8) is 0 Å². The summed E-state index contributed by atoms with van der Waals surface area (Å²) in [6.07, 6.45) is -2.83. The fourth-order valence-electron chi connectivity index (χ4n) is 1.72. The molecule has 0 unspecified atom stereocenters. The Balaban J connectivity index is -0.000000367. The Bertz CT molecular complexity index is 907. The summed E-state index contributed by atoms with van der Waals surface area (Å²) in [5, 5.41) is 0. The van der Waals surface area contributed by atoms with Crippen LogP contribution in [0.1, 0.15) is 7.43 Å². The second kappa shape index (κ2) is 23.2. The number of benzene rings is 4. The van der Waals surface area contributed by atoms with Crippen molar-refractivity contribution < 1.29 is 40.2 Å². The highest BCUT2D eigenvalue weighted by atomic mass is 19.3. The number of carbonyl (C=O) groups excluding carboxylic acids is 1. The van der Waals surface area contributed by atoms with Crippen LogP contribution in [0.25, 0.3) is 0 Å². The molecule has 9 heteroatoms. The standard InChI is InChI=1S/2C6H4F2.C6H5F.C6H6.CF2O.CH4.FH/c2*7-5-2-1-3-6(8)4-5;7-6-4-2-1-3-5-6;1-2-4-6-5-3-1;2-1(3)4;;/h2*1-4H;1-5H;1-6H;;1H4;1H. The molecule has 0 amide bonds. The Labute approximate surface area is 198 Å². The van der Waals surface area contributed by atoms with Crippen molar-refractivity contribution in [3.05, 3.63) is 144 Å². The fourth-order valence-corrected chi connectivity index (χ4v) is 1.72. The van der Waals surface area contributed by atoms with Crippen molar-refractivity contribution in [1.82, 2.24) is 0 Å². The summed E-state index contributed by atoms with van der Waals surface area (Å²) in [7, 11) is 0. The highest BCUT2D eigenvalue weighted by Crippen LogP contribution is 2.00. The molecule has 0 atom stereocenters. The van der Waals surface area contributed by atoms with Crippen LogP contribution in [0.3, 0.4) is 0 Å². The maximum absolute atomic E-state index is 11.9. The fraction of sp³-hybridized carbons (Fsp3) is 0.0385. The van der Waals surface area contributed by atoms with Crippen LogP contribution in [0, 0.1) is 29.1 Å². The lowest BCUT2D eigenvalue weighted by Gasteiger charge is -1.84. The lowest BCUT2D eigenvalue weighted by atomic mass is 10.3. The van der Waals surface area contributed by atoms with Crippen LogP contribution in [0.2, 0.25) is 0 Å². The van der Waals surface area contributed by atoms with E-state index < -0.39 is 29.6 Å². The first-order valence-electron chi connectivity index (χ1n) is 9.08. The summed E-state index contributed by atoms with van der Waals surface area (Å²) in [6, 6.07) is 29.0. The number of hydrogen-bond donors (Lipinski definition) is 0. The zero-order valence-electron chi connectivity index (χ0n) is 17.4. The van der Waals surface area contributed by atoms with Crippen LogP contribution >= 0.6 is 0 Å². The van der Waals surface area contributed by atoms with Gasteiger partial charge in [0, 0.05) is 12.1 Å².